The van der Waals surface area contributed by atoms with Crippen molar-refractivity contribution in [3.8, 4) is 0 Å². The number of hydrogen-bond donors (Lipinski definition) is 1. The maximum absolute atomic E-state index is 10.3. The number of hydrogen-bond acceptors (Lipinski definition) is 3. The van der Waals surface area contributed by atoms with Crippen LogP contribution in [0.3, 0.4) is 0 Å². The van der Waals surface area contributed by atoms with Crippen molar-refractivity contribution in [3.63, 3.8) is 0 Å². The molecule has 0 fully saturated rings. The van der Waals surface area contributed by atoms with Gasteiger partial charge in [0.15, 0.2) is 0 Å². The summed E-state index contributed by atoms with van der Waals surface area (Å²) in [5.74, 6) is 0.167. The van der Waals surface area contributed by atoms with E-state index in [0.29, 0.717) is 0 Å². The van der Waals surface area contributed by atoms with Gasteiger partial charge in [0.25, 0.3) is 0 Å². The zero-order valence-corrected chi connectivity index (χ0v) is 7.16. The predicted molar refractivity (Wildman–Crippen MR) is 44.5 cm³/mol. The topological polar surface area (TPSA) is 58.6 Å². The van der Waals surface area contributed by atoms with Gasteiger partial charge in [-0.25, -0.2) is 0 Å². The summed E-state index contributed by atoms with van der Waals surface area (Å²) in [4.78, 5) is 10.3. The van der Waals surface area contributed by atoms with E-state index in [0.717, 1.165) is 31.2 Å². The molecule has 0 spiro atoms. The highest BCUT2D eigenvalue weighted by molar-refractivity contribution is 5.52. The number of aromatic nitrogens is 3. The molecule has 0 aromatic carbocycles. The second-order valence-corrected chi connectivity index (χ2v) is 2.99. The van der Waals surface area contributed by atoms with Crippen molar-refractivity contribution in [2.75, 3.05) is 0 Å². The number of rotatable bonds is 5. The van der Waals surface area contributed by atoms with Gasteiger partial charge in [-0.05, 0) is 19.3 Å². The molecule has 0 aliphatic carbocycles. The molecule has 1 N–H and O–H groups in total. The van der Waals surface area contributed by atoms with Gasteiger partial charge in [-0.15, -0.1) is 5.10 Å². The van der Waals surface area contributed by atoms with E-state index >= 15 is 0 Å². The zero-order valence-electron chi connectivity index (χ0n) is 7.16. The fourth-order valence-electron chi connectivity index (χ4n) is 1.02. The molecule has 1 unspecified atom stereocenters. The van der Waals surface area contributed by atoms with Crippen LogP contribution >= 0.6 is 0 Å². The minimum atomic E-state index is 0.167. The Morgan fingerprint density at radius 1 is 1.75 bits per heavy atom. The Kier molecular flexibility index (Phi) is 3.44. The van der Waals surface area contributed by atoms with E-state index in [9.17, 15) is 4.79 Å². The Bertz CT molecular complexity index is 220. The number of nitrogens with zero attached hydrogens (tertiary/aromatic N) is 2. The lowest BCUT2D eigenvalue weighted by Crippen LogP contribution is -1.96. The third-order valence-corrected chi connectivity index (χ3v) is 1.80. The molecule has 0 bridgehead atoms. The largest absolute Gasteiger partial charge is 0.303 e. The van der Waals surface area contributed by atoms with Crippen LogP contribution in [0.4, 0.5) is 0 Å². The van der Waals surface area contributed by atoms with E-state index in [1.165, 1.54) is 0 Å². The van der Waals surface area contributed by atoms with Crippen LogP contribution in [0.1, 0.15) is 25.5 Å². The maximum atomic E-state index is 10.3. The van der Waals surface area contributed by atoms with E-state index in [2.05, 4.69) is 15.4 Å². The number of aldehydes is 1. The average Bonchev–Trinajstić information content (AvgIpc) is 2.57. The smallest absolute Gasteiger partial charge is 0.122 e. The van der Waals surface area contributed by atoms with E-state index in [-0.39, 0.29) is 5.92 Å². The molecule has 0 radical (unpaired) electrons. The minimum absolute atomic E-state index is 0.167. The monoisotopic (exact) mass is 167 g/mol. The fourth-order valence-corrected chi connectivity index (χ4v) is 1.02. The Morgan fingerprint density at radius 2 is 2.58 bits per heavy atom. The summed E-state index contributed by atoms with van der Waals surface area (Å²) in [5.41, 5.74) is 1.04. The third kappa shape index (κ3) is 2.82. The first-order valence-corrected chi connectivity index (χ1v) is 4.13. The average molecular weight is 167 g/mol. The molecule has 0 saturated carbocycles. The highest BCUT2D eigenvalue weighted by Crippen LogP contribution is 2.05. The summed E-state index contributed by atoms with van der Waals surface area (Å²) in [6, 6.07) is 0. The summed E-state index contributed by atoms with van der Waals surface area (Å²) < 4.78 is 0. The summed E-state index contributed by atoms with van der Waals surface area (Å²) >= 11 is 0. The van der Waals surface area contributed by atoms with Gasteiger partial charge >= 0.3 is 0 Å². The van der Waals surface area contributed by atoms with E-state index in [4.69, 9.17) is 0 Å². The van der Waals surface area contributed by atoms with Crippen molar-refractivity contribution in [2.24, 2.45) is 5.92 Å². The molecule has 0 saturated heterocycles. The Labute approximate surface area is 71.4 Å². The summed E-state index contributed by atoms with van der Waals surface area (Å²) in [7, 11) is 0. The van der Waals surface area contributed by atoms with Crippen molar-refractivity contribution in [2.45, 2.75) is 26.2 Å². The molecule has 0 aliphatic heterocycles. The van der Waals surface area contributed by atoms with Crippen molar-refractivity contribution < 1.29 is 4.79 Å². The molecule has 4 nitrogen and oxygen atoms in total. The van der Waals surface area contributed by atoms with Crippen LogP contribution in [0, 0.1) is 5.92 Å². The number of aryl methyl sites for hydroxylation is 1. The first kappa shape index (κ1) is 8.90. The molecule has 4 heteroatoms. The van der Waals surface area contributed by atoms with Crippen LogP contribution < -0.4 is 0 Å². The minimum Gasteiger partial charge on any atom is -0.303 e. The van der Waals surface area contributed by atoms with Crippen molar-refractivity contribution in [1.82, 2.24) is 15.4 Å². The van der Waals surface area contributed by atoms with Gasteiger partial charge in [0.1, 0.15) is 6.29 Å². The lowest BCUT2D eigenvalue weighted by molar-refractivity contribution is -0.110. The van der Waals surface area contributed by atoms with Crippen LogP contribution in [0.25, 0.3) is 0 Å². The summed E-state index contributed by atoms with van der Waals surface area (Å²) in [6.07, 6.45) is 5.56. The molecule has 0 amide bonds. The molecule has 1 heterocycles. The first-order chi connectivity index (χ1) is 5.83. The molecule has 1 rings (SSSR count). The molecule has 1 aromatic rings. The molecule has 1 aromatic heterocycles. The molecular weight excluding hydrogens is 154 g/mol. The van der Waals surface area contributed by atoms with Gasteiger partial charge in [-0.1, -0.05) is 12.1 Å². The highest BCUT2D eigenvalue weighted by atomic mass is 16.1. The van der Waals surface area contributed by atoms with Crippen LogP contribution in [0.5, 0.6) is 0 Å². The SMILES string of the molecule is CC(C=O)CCCc1cnn[nH]1. The zero-order chi connectivity index (χ0) is 8.81. The highest BCUT2D eigenvalue weighted by Gasteiger charge is 2.00. The number of carbonyl (C=O) groups excluding carboxylic acids is 1. The maximum Gasteiger partial charge on any atom is 0.122 e. The third-order valence-electron chi connectivity index (χ3n) is 1.80. The predicted octanol–water partition coefficient (Wildman–Crippen LogP) is 0.962. The number of H-pyrrole nitrogens is 1. The van der Waals surface area contributed by atoms with Gasteiger partial charge < -0.3 is 4.79 Å². The second-order valence-electron chi connectivity index (χ2n) is 2.99. The van der Waals surface area contributed by atoms with Crippen molar-refractivity contribution in [3.05, 3.63) is 11.9 Å². The molecule has 66 valence electrons. The lowest BCUT2D eigenvalue weighted by Gasteiger charge is -2.00. The van der Waals surface area contributed by atoms with Crippen LogP contribution in [-0.4, -0.2) is 21.7 Å². The van der Waals surface area contributed by atoms with Gasteiger partial charge in [0, 0.05) is 5.92 Å². The lowest BCUT2D eigenvalue weighted by atomic mass is 10.1. The van der Waals surface area contributed by atoms with Crippen LogP contribution in [0.15, 0.2) is 6.20 Å². The second kappa shape index (κ2) is 4.64. The van der Waals surface area contributed by atoms with E-state index in [1.807, 2.05) is 6.92 Å². The van der Waals surface area contributed by atoms with Crippen molar-refractivity contribution >= 4 is 6.29 Å². The van der Waals surface area contributed by atoms with Crippen LogP contribution in [0.2, 0.25) is 0 Å². The normalized spacial score (nSPS) is 12.8. The quantitative estimate of drug-likeness (QED) is 0.664. The van der Waals surface area contributed by atoms with Gasteiger partial charge in [-0.3, -0.25) is 5.10 Å². The Hall–Kier alpha value is -1.19. The van der Waals surface area contributed by atoms with Gasteiger partial charge in [0.05, 0.1) is 11.9 Å². The van der Waals surface area contributed by atoms with Gasteiger partial charge in [0.2, 0.25) is 0 Å². The standard InChI is InChI=1S/C8H13N3O/c1-7(6-12)3-2-4-8-5-9-11-10-8/h5-7H,2-4H2,1H3,(H,9,10,11). The molecular formula is C8H13N3O. The first-order valence-electron chi connectivity index (χ1n) is 4.13. The fraction of sp³-hybridized carbons (Fsp3) is 0.625. The number of aromatic amines is 1. The van der Waals surface area contributed by atoms with Crippen LogP contribution in [-0.2, 0) is 11.2 Å². The number of carbonyl (C=O) groups is 1. The van der Waals surface area contributed by atoms with Crippen molar-refractivity contribution in [1.29, 1.82) is 0 Å². The molecule has 1 atom stereocenters. The molecule has 12 heavy (non-hydrogen) atoms. The molecule has 0 aliphatic rings. The summed E-state index contributed by atoms with van der Waals surface area (Å²) in [5, 5.41) is 10.0. The van der Waals surface area contributed by atoms with E-state index < -0.39 is 0 Å². The Balaban J connectivity index is 2.15. The summed E-state index contributed by atoms with van der Waals surface area (Å²) in [6.45, 7) is 1.93. The number of nitrogens with one attached hydrogen (secondary N) is 1. The van der Waals surface area contributed by atoms with E-state index in [1.54, 1.807) is 6.20 Å². The van der Waals surface area contributed by atoms with Gasteiger partial charge in [-0.2, -0.15) is 0 Å². The Morgan fingerprint density at radius 3 is 3.17 bits per heavy atom.